The van der Waals surface area contributed by atoms with Crippen LogP contribution in [0.5, 0.6) is 5.75 Å². The Balaban J connectivity index is 2.89. The molecule has 1 atom stereocenters. The highest BCUT2D eigenvalue weighted by molar-refractivity contribution is 5.82. The lowest BCUT2D eigenvalue weighted by atomic mass is 10.1. The number of aromatic nitrogens is 1. The zero-order valence-electron chi connectivity index (χ0n) is 9.60. The van der Waals surface area contributed by atoms with E-state index in [1.165, 1.54) is 13.0 Å². The Hall–Kier alpha value is -2.11. The molecule has 0 spiro atoms. The third-order valence-electron chi connectivity index (χ3n) is 2.16. The Morgan fingerprint density at radius 3 is 2.65 bits per heavy atom. The van der Waals surface area contributed by atoms with E-state index >= 15 is 0 Å². The molecule has 1 aromatic heterocycles. The lowest BCUT2D eigenvalue weighted by Crippen LogP contribution is -2.41. The summed E-state index contributed by atoms with van der Waals surface area (Å²) in [6.45, 7) is 2.97. The molecule has 92 valence electrons. The third-order valence-corrected chi connectivity index (χ3v) is 2.16. The second-order valence-electron chi connectivity index (χ2n) is 3.71. The maximum absolute atomic E-state index is 10.9. The number of hydrogen-bond donors (Lipinski definition) is 3. The van der Waals surface area contributed by atoms with E-state index in [2.05, 4.69) is 10.3 Å². The van der Waals surface area contributed by atoms with E-state index in [1.54, 1.807) is 13.0 Å². The summed E-state index contributed by atoms with van der Waals surface area (Å²) >= 11 is 0. The largest absolute Gasteiger partial charge is 0.506 e. The molecule has 1 aromatic rings. The van der Waals surface area contributed by atoms with Crippen LogP contribution in [0.15, 0.2) is 12.1 Å². The average molecular weight is 238 g/mol. The Bertz CT molecular complexity index is 445. The molecule has 0 fully saturated rings. The molecule has 17 heavy (non-hydrogen) atoms. The fourth-order valence-electron chi connectivity index (χ4n) is 1.39. The highest BCUT2D eigenvalue weighted by atomic mass is 16.4. The summed E-state index contributed by atoms with van der Waals surface area (Å²) < 4.78 is 0. The summed E-state index contributed by atoms with van der Waals surface area (Å²) in [5, 5.41) is 20.7. The minimum absolute atomic E-state index is 0.0531. The number of hydrogen-bond acceptors (Lipinski definition) is 4. The van der Waals surface area contributed by atoms with Crippen molar-refractivity contribution in [3.8, 4) is 5.75 Å². The number of nitrogens with zero attached hydrogens (tertiary/aromatic N) is 1. The number of amides is 1. The van der Waals surface area contributed by atoms with Crippen molar-refractivity contribution in [2.45, 2.75) is 26.3 Å². The maximum atomic E-state index is 10.9. The van der Waals surface area contributed by atoms with Gasteiger partial charge in [-0.15, -0.1) is 0 Å². The highest BCUT2D eigenvalue weighted by Crippen LogP contribution is 2.16. The van der Waals surface area contributed by atoms with E-state index in [-0.39, 0.29) is 17.9 Å². The number of carbonyl (C=O) groups is 2. The second-order valence-corrected chi connectivity index (χ2v) is 3.71. The van der Waals surface area contributed by atoms with Crippen molar-refractivity contribution >= 4 is 11.9 Å². The van der Waals surface area contributed by atoms with E-state index in [9.17, 15) is 14.7 Å². The molecular weight excluding hydrogens is 224 g/mol. The Morgan fingerprint density at radius 1 is 1.47 bits per heavy atom. The second kappa shape index (κ2) is 5.29. The minimum Gasteiger partial charge on any atom is -0.506 e. The van der Waals surface area contributed by atoms with Crippen LogP contribution in [0.1, 0.15) is 18.3 Å². The van der Waals surface area contributed by atoms with Crippen LogP contribution in [0, 0.1) is 6.92 Å². The van der Waals surface area contributed by atoms with Gasteiger partial charge in [0.15, 0.2) is 0 Å². The van der Waals surface area contributed by atoms with E-state index in [0.717, 1.165) is 0 Å². The van der Waals surface area contributed by atoms with Crippen molar-refractivity contribution < 1.29 is 19.8 Å². The van der Waals surface area contributed by atoms with E-state index < -0.39 is 17.9 Å². The first-order valence-corrected chi connectivity index (χ1v) is 5.05. The first-order valence-electron chi connectivity index (χ1n) is 5.05. The SMILES string of the molecule is CC(=O)NC(Cc1nc(C)ccc1O)C(=O)O. The number of aromatic hydroxyl groups is 1. The van der Waals surface area contributed by atoms with Crippen LogP contribution in [0.2, 0.25) is 0 Å². The van der Waals surface area contributed by atoms with Crippen LogP contribution in [0.25, 0.3) is 0 Å². The summed E-state index contributed by atoms with van der Waals surface area (Å²) in [5.41, 5.74) is 0.927. The molecule has 0 radical (unpaired) electrons. The van der Waals surface area contributed by atoms with E-state index in [1.807, 2.05) is 0 Å². The first-order chi connectivity index (χ1) is 7.90. The fourth-order valence-corrected chi connectivity index (χ4v) is 1.39. The Morgan fingerprint density at radius 2 is 2.12 bits per heavy atom. The van der Waals surface area contributed by atoms with Gasteiger partial charge >= 0.3 is 5.97 Å². The zero-order chi connectivity index (χ0) is 13.0. The summed E-state index contributed by atoms with van der Waals surface area (Å²) in [7, 11) is 0. The molecule has 0 aliphatic rings. The van der Waals surface area contributed by atoms with Crippen molar-refractivity contribution in [2.24, 2.45) is 0 Å². The summed E-state index contributed by atoms with van der Waals surface area (Å²) in [6, 6.07) is 1.98. The highest BCUT2D eigenvalue weighted by Gasteiger charge is 2.21. The Labute approximate surface area is 98.3 Å². The van der Waals surface area contributed by atoms with Crippen molar-refractivity contribution in [3.63, 3.8) is 0 Å². The standard InChI is InChI=1S/C11H14N2O4/c1-6-3-4-10(15)8(12-6)5-9(11(16)17)13-7(2)14/h3-4,9,15H,5H2,1-2H3,(H,13,14)(H,16,17). The molecule has 0 aromatic carbocycles. The number of aliphatic carboxylic acids is 1. The predicted molar refractivity (Wildman–Crippen MR) is 59.6 cm³/mol. The van der Waals surface area contributed by atoms with Gasteiger partial charge in [-0.2, -0.15) is 0 Å². The quantitative estimate of drug-likeness (QED) is 0.697. The first kappa shape index (κ1) is 13.0. The number of aryl methyl sites for hydroxylation is 1. The molecule has 0 saturated heterocycles. The van der Waals surface area contributed by atoms with Gasteiger partial charge in [0.25, 0.3) is 0 Å². The molecule has 0 aliphatic carbocycles. The van der Waals surface area contributed by atoms with Crippen molar-refractivity contribution in [1.82, 2.24) is 10.3 Å². The Kier molecular flexibility index (Phi) is 4.03. The van der Waals surface area contributed by atoms with Gasteiger partial charge in [-0.05, 0) is 19.1 Å². The summed E-state index contributed by atoms with van der Waals surface area (Å²) in [6.07, 6.45) is -0.0531. The van der Waals surface area contributed by atoms with Gasteiger partial charge in [0.05, 0.1) is 5.69 Å². The molecule has 0 bridgehead atoms. The van der Waals surface area contributed by atoms with Crippen LogP contribution >= 0.6 is 0 Å². The number of carboxylic acids is 1. The van der Waals surface area contributed by atoms with Gasteiger partial charge in [-0.1, -0.05) is 0 Å². The molecule has 0 saturated carbocycles. The molecule has 3 N–H and O–H groups in total. The predicted octanol–water partition coefficient (Wildman–Crippen LogP) is 0.227. The monoisotopic (exact) mass is 238 g/mol. The van der Waals surface area contributed by atoms with Gasteiger partial charge in [0.1, 0.15) is 11.8 Å². The smallest absolute Gasteiger partial charge is 0.326 e. The topological polar surface area (TPSA) is 99.5 Å². The lowest BCUT2D eigenvalue weighted by Gasteiger charge is -2.13. The number of pyridine rings is 1. The van der Waals surface area contributed by atoms with Crippen LogP contribution < -0.4 is 5.32 Å². The molecule has 1 amide bonds. The maximum Gasteiger partial charge on any atom is 0.326 e. The van der Waals surface area contributed by atoms with Gasteiger partial charge in [-0.25, -0.2) is 4.79 Å². The van der Waals surface area contributed by atoms with Crippen LogP contribution in [-0.2, 0) is 16.0 Å². The number of carboxylic acid groups (broad SMARTS) is 1. The van der Waals surface area contributed by atoms with Gasteiger partial charge in [-0.3, -0.25) is 9.78 Å². The molecule has 6 nitrogen and oxygen atoms in total. The van der Waals surface area contributed by atoms with Gasteiger partial charge < -0.3 is 15.5 Å². The summed E-state index contributed by atoms with van der Waals surface area (Å²) in [5.74, 6) is -1.68. The normalized spacial score (nSPS) is 11.9. The molecule has 1 heterocycles. The lowest BCUT2D eigenvalue weighted by molar-refractivity contribution is -0.141. The third kappa shape index (κ3) is 3.75. The zero-order valence-corrected chi connectivity index (χ0v) is 9.60. The molecular formula is C11H14N2O4. The molecule has 0 aliphatic heterocycles. The van der Waals surface area contributed by atoms with E-state index in [0.29, 0.717) is 5.69 Å². The van der Waals surface area contributed by atoms with Crippen molar-refractivity contribution in [3.05, 3.63) is 23.5 Å². The van der Waals surface area contributed by atoms with E-state index in [4.69, 9.17) is 5.11 Å². The van der Waals surface area contributed by atoms with Crippen LogP contribution in [-0.4, -0.2) is 33.1 Å². The molecule has 1 unspecified atom stereocenters. The molecule has 1 rings (SSSR count). The number of nitrogens with one attached hydrogen (secondary N) is 1. The average Bonchev–Trinajstić information content (AvgIpc) is 2.21. The van der Waals surface area contributed by atoms with Crippen LogP contribution in [0.4, 0.5) is 0 Å². The fraction of sp³-hybridized carbons (Fsp3) is 0.364. The van der Waals surface area contributed by atoms with Gasteiger partial charge in [0.2, 0.25) is 5.91 Å². The molecule has 6 heteroatoms. The van der Waals surface area contributed by atoms with Gasteiger partial charge in [0, 0.05) is 19.0 Å². The van der Waals surface area contributed by atoms with Crippen LogP contribution in [0.3, 0.4) is 0 Å². The van der Waals surface area contributed by atoms with Crippen molar-refractivity contribution in [1.29, 1.82) is 0 Å². The number of rotatable bonds is 4. The van der Waals surface area contributed by atoms with Crippen molar-refractivity contribution in [2.75, 3.05) is 0 Å². The summed E-state index contributed by atoms with van der Waals surface area (Å²) in [4.78, 5) is 25.8. The minimum atomic E-state index is -1.16. The number of carbonyl (C=O) groups excluding carboxylic acids is 1.